The second-order valence-corrected chi connectivity index (χ2v) is 10.5. The summed E-state index contributed by atoms with van der Waals surface area (Å²) in [5.41, 5.74) is -2.29. The highest BCUT2D eigenvalue weighted by Crippen LogP contribution is 2.67. The number of aryl methyl sites for hydroxylation is 1. The van der Waals surface area contributed by atoms with Gasteiger partial charge in [-0.15, -0.1) is 0 Å². The Bertz CT molecular complexity index is 1040. The molecule has 4 N–H and O–H groups in total. The van der Waals surface area contributed by atoms with Gasteiger partial charge < -0.3 is 25.6 Å². The fourth-order valence-corrected chi connectivity index (χ4v) is 5.92. The van der Waals surface area contributed by atoms with Gasteiger partial charge in [-0.3, -0.25) is 9.59 Å². The maximum absolute atomic E-state index is 13.9. The zero-order chi connectivity index (χ0) is 25.7. The Kier molecular flexibility index (Phi) is 6.64. The highest BCUT2D eigenvalue weighted by Gasteiger charge is 2.80. The molecule has 3 rings (SSSR count). The van der Waals surface area contributed by atoms with Gasteiger partial charge in [-0.1, -0.05) is 12.1 Å². The van der Waals surface area contributed by atoms with Crippen LogP contribution in [0.1, 0.15) is 44.1 Å². The fourth-order valence-electron chi connectivity index (χ4n) is 5.33. The third-order valence-corrected chi connectivity index (χ3v) is 7.13. The molecule has 186 valence electrons. The van der Waals surface area contributed by atoms with Gasteiger partial charge in [0, 0.05) is 30.1 Å². The Balaban J connectivity index is 2.16. The van der Waals surface area contributed by atoms with Crippen LogP contribution in [0.4, 0.5) is 9.18 Å². The molecule has 2 aliphatic carbocycles. The molecule has 0 spiro atoms. The van der Waals surface area contributed by atoms with E-state index in [2.05, 4.69) is 23.3 Å². The minimum absolute atomic E-state index is 0.306. The number of aliphatic carboxylic acids is 2. The number of thiol groups is 1. The highest BCUT2D eigenvalue weighted by molar-refractivity contribution is 7.80. The van der Waals surface area contributed by atoms with Crippen LogP contribution in [0.5, 0.6) is 0 Å². The summed E-state index contributed by atoms with van der Waals surface area (Å²) in [6.45, 7) is 7.60. The number of amides is 2. The van der Waals surface area contributed by atoms with Crippen molar-refractivity contribution in [1.82, 2.24) is 10.6 Å². The van der Waals surface area contributed by atoms with Crippen LogP contribution in [-0.4, -0.2) is 51.3 Å². The largest absolute Gasteiger partial charge is 0.481 e. The Morgan fingerprint density at radius 2 is 1.82 bits per heavy atom. The minimum atomic E-state index is -2.11. The number of ether oxygens (including phenoxy) is 1. The van der Waals surface area contributed by atoms with E-state index in [-0.39, 0.29) is 0 Å². The van der Waals surface area contributed by atoms with Crippen LogP contribution in [0, 0.1) is 36.4 Å². The standard InChI is InChI=1S/C23H29FN2O7S/c1-9-8-11(6-7-12(9)24)18(34)16-17(25-10(2)27)13-14(19(28)29)15(13)23(16,20(30)31)26-21(32)33-22(3,4)5/h6-8,13-18,34H,1-5H3,(H,25,27)(H,26,32)(H,28,29)(H,30,31)/t13-,14-,15-,16-,17-,18?,23+/m0/s1. The van der Waals surface area contributed by atoms with Crippen molar-refractivity contribution in [3.8, 4) is 0 Å². The molecule has 0 heterocycles. The van der Waals surface area contributed by atoms with Gasteiger partial charge in [-0.05, 0) is 50.8 Å². The van der Waals surface area contributed by atoms with Crippen molar-refractivity contribution in [2.75, 3.05) is 0 Å². The maximum Gasteiger partial charge on any atom is 0.408 e. The molecule has 2 aliphatic rings. The molecule has 0 radical (unpaired) electrons. The number of fused-ring (bicyclic) bond motifs is 1. The summed E-state index contributed by atoms with van der Waals surface area (Å²) < 4.78 is 19.2. The molecule has 9 nitrogen and oxygen atoms in total. The maximum atomic E-state index is 13.9. The second-order valence-electron chi connectivity index (χ2n) is 9.97. The predicted molar refractivity (Wildman–Crippen MR) is 122 cm³/mol. The van der Waals surface area contributed by atoms with Crippen LogP contribution >= 0.6 is 12.6 Å². The number of carbonyl (C=O) groups is 4. The van der Waals surface area contributed by atoms with Gasteiger partial charge >= 0.3 is 18.0 Å². The van der Waals surface area contributed by atoms with Gasteiger partial charge in [-0.25, -0.2) is 14.0 Å². The van der Waals surface area contributed by atoms with E-state index in [0.29, 0.717) is 11.1 Å². The van der Waals surface area contributed by atoms with Crippen molar-refractivity contribution in [3.05, 3.63) is 35.1 Å². The van der Waals surface area contributed by atoms with Crippen molar-refractivity contribution in [3.63, 3.8) is 0 Å². The summed E-state index contributed by atoms with van der Waals surface area (Å²) in [5, 5.41) is 24.5. The van der Waals surface area contributed by atoms with Crippen LogP contribution in [0.3, 0.4) is 0 Å². The predicted octanol–water partition coefficient (Wildman–Crippen LogP) is 2.53. The normalized spacial score (nSPS) is 30.6. The average Bonchev–Trinajstić information content (AvgIpc) is 3.36. The first kappa shape index (κ1) is 25.8. The molecule has 2 saturated carbocycles. The van der Waals surface area contributed by atoms with E-state index in [1.54, 1.807) is 27.7 Å². The summed E-state index contributed by atoms with van der Waals surface area (Å²) in [6.07, 6.45) is -1.03. The number of nitrogens with one attached hydrogen (secondary N) is 2. The summed E-state index contributed by atoms with van der Waals surface area (Å²) >= 11 is 4.66. The van der Waals surface area contributed by atoms with Crippen LogP contribution in [0.25, 0.3) is 0 Å². The first-order valence-electron chi connectivity index (χ1n) is 10.8. The number of benzene rings is 1. The monoisotopic (exact) mass is 496 g/mol. The van der Waals surface area contributed by atoms with Gasteiger partial charge in [0.25, 0.3) is 0 Å². The van der Waals surface area contributed by atoms with E-state index in [1.165, 1.54) is 25.1 Å². The zero-order valence-electron chi connectivity index (χ0n) is 19.5. The van der Waals surface area contributed by atoms with Gasteiger partial charge in [-0.2, -0.15) is 12.6 Å². The molecule has 0 saturated heterocycles. The van der Waals surface area contributed by atoms with Crippen molar-refractivity contribution in [2.24, 2.45) is 23.7 Å². The van der Waals surface area contributed by atoms with Crippen molar-refractivity contribution >= 4 is 36.6 Å². The van der Waals surface area contributed by atoms with Crippen molar-refractivity contribution < 1.29 is 38.5 Å². The quantitative estimate of drug-likeness (QED) is 0.381. The molecule has 0 aromatic heterocycles. The third-order valence-electron chi connectivity index (χ3n) is 6.51. The molecule has 1 aromatic carbocycles. The van der Waals surface area contributed by atoms with E-state index in [4.69, 9.17) is 4.74 Å². The lowest BCUT2D eigenvalue weighted by Gasteiger charge is -2.41. The van der Waals surface area contributed by atoms with Crippen LogP contribution in [0.2, 0.25) is 0 Å². The number of carbonyl (C=O) groups excluding carboxylic acids is 2. The molecule has 0 bridgehead atoms. The first-order valence-corrected chi connectivity index (χ1v) is 11.3. The fraction of sp³-hybridized carbons (Fsp3) is 0.565. The number of rotatable bonds is 6. The SMILES string of the molecule is CC(=O)N[C@H]1[C@H]2[C@H](C(=O)O)[C@H]2[C@](NC(=O)OC(C)(C)C)(C(=O)O)[C@@H]1C(S)c1ccc(F)c(C)c1. The van der Waals surface area contributed by atoms with Gasteiger partial charge in [0.05, 0.1) is 5.92 Å². The zero-order valence-corrected chi connectivity index (χ0v) is 20.4. The molecule has 34 heavy (non-hydrogen) atoms. The van der Waals surface area contributed by atoms with E-state index in [9.17, 15) is 33.8 Å². The smallest absolute Gasteiger partial charge is 0.408 e. The summed E-state index contributed by atoms with van der Waals surface area (Å²) in [5.74, 6) is -7.59. The number of carboxylic acids is 2. The number of halogens is 1. The topological polar surface area (TPSA) is 142 Å². The lowest BCUT2D eigenvalue weighted by molar-refractivity contribution is -0.150. The van der Waals surface area contributed by atoms with Crippen molar-refractivity contribution in [2.45, 2.75) is 57.1 Å². The summed E-state index contributed by atoms with van der Waals surface area (Å²) in [7, 11) is 0. The van der Waals surface area contributed by atoms with E-state index in [0.717, 1.165) is 0 Å². The lowest BCUT2D eigenvalue weighted by atomic mass is 9.74. The molecular weight excluding hydrogens is 467 g/mol. The molecule has 2 amide bonds. The molecule has 7 atom stereocenters. The Labute approximate surface area is 201 Å². The number of hydrogen-bond acceptors (Lipinski definition) is 6. The number of hydrogen-bond donors (Lipinski definition) is 5. The minimum Gasteiger partial charge on any atom is -0.481 e. The second kappa shape index (κ2) is 8.75. The third kappa shape index (κ3) is 4.45. The molecule has 1 unspecified atom stereocenters. The average molecular weight is 497 g/mol. The van der Waals surface area contributed by atoms with Crippen LogP contribution in [-0.2, 0) is 19.1 Å². The first-order chi connectivity index (χ1) is 15.6. The summed E-state index contributed by atoms with van der Waals surface area (Å²) in [4.78, 5) is 49.6. The highest BCUT2D eigenvalue weighted by atomic mass is 32.1. The van der Waals surface area contributed by atoms with Crippen LogP contribution in [0.15, 0.2) is 18.2 Å². The van der Waals surface area contributed by atoms with Gasteiger partial charge in [0.15, 0.2) is 5.54 Å². The van der Waals surface area contributed by atoms with E-state index in [1.807, 2.05) is 0 Å². The lowest BCUT2D eigenvalue weighted by Crippen LogP contribution is -2.64. The number of carboxylic acid groups (broad SMARTS) is 2. The molecule has 0 aliphatic heterocycles. The van der Waals surface area contributed by atoms with E-state index >= 15 is 0 Å². The van der Waals surface area contributed by atoms with Gasteiger partial charge in [0.2, 0.25) is 5.91 Å². The van der Waals surface area contributed by atoms with E-state index < -0.39 is 75.9 Å². The molecule has 1 aromatic rings. The molecular formula is C23H29FN2O7S. The summed E-state index contributed by atoms with van der Waals surface area (Å²) in [6, 6.07) is 3.25. The number of alkyl carbamates (subject to hydrolysis) is 1. The molecule has 2 fully saturated rings. The Hall–Kier alpha value is -2.82. The van der Waals surface area contributed by atoms with Crippen molar-refractivity contribution in [1.29, 1.82) is 0 Å². The van der Waals surface area contributed by atoms with Crippen LogP contribution < -0.4 is 10.6 Å². The molecule has 11 heteroatoms. The van der Waals surface area contributed by atoms with Gasteiger partial charge in [0.1, 0.15) is 11.4 Å². The Morgan fingerprint density at radius 3 is 2.29 bits per heavy atom. The Morgan fingerprint density at radius 1 is 1.21 bits per heavy atom.